The van der Waals surface area contributed by atoms with Gasteiger partial charge in [0.1, 0.15) is 0 Å². The van der Waals surface area contributed by atoms with Crippen LogP contribution >= 0.6 is 0 Å². The molecule has 4 heteroatoms. The Kier molecular flexibility index (Phi) is 5.48. The highest BCUT2D eigenvalue weighted by Gasteiger charge is 2.19. The second-order valence-corrected chi connectivity index (χ2v) is 4.12. The lowest BCUT2D eigenvalue weighted by atomic mass is 10.1. The average Bonchev–Trinajstić information content (AvgIpc) is 2.31. The standard InChI is InChI=1S/C6H13NO.C3H8O2/c7-6-2-1-5(3-6)4-8;1-3(2,4)5/h5-6,8H,1-4,7H2;4-5H,1-2H3. The summed E-state index contributed by atoms with van der Waals surface area (Å²) in [6, 6.07) is 0.368. The van der Waals surface area contributed by atoms with Gasteiger partial charge in [0.05, 0.1) is 0 Å². The van der Waals surface area contributed by atoms with E-state index in [1.807, 2.05) is 0 Å². The molecular weight excluding hydrogens is 170 g/mol. The van der Waals surface area contributed by atoms with Gasteiger partial charge in [0.2, 0.25) is 0 Å². The van der Waals surface area contributed by atoms with Crippen molar-refractivity contribution in [2.45, 2.75) is 44.9 Å². The molecule has 1 fully saturated rings. The molecule has 1 aliphatic rings. The molecule has 0 aromatic rings. The molecule has 0 saturated heterocycles. The highest BCUT2D eigenvalue weighted by molar-refractivity contribution is 4.76. The van der Waals surface area contributed by atoms with Crippen LogP contribution in [0.3, 0.4) is 0 Å². The summed E-state index contributed by atoms with van der Waals surface area (Å²) in [5.41, 5.74) is 5.59. The zero-order valence-electron chi connectivity index (χ0n) is 8.40. The van der Waals surface area contributed by atoms with Crippen molar-refractivity contribution in [1.29, 1.82) is 0 Å². The normalized spacial score (nSPS) is 28.2. The fourth-order valence-corrected chi connectivity index (χ4v) is 1.28. The van der Waals surface area contributed by atoms with Gasteiger partial charge in [-0.15, -0.1) is 0 Å². The molecule has 0 bridgehead atoms. The molecule has 4 nitrogen and oxygen atoms in total. The van der Waals surface area contributed by atoms with Crippen LogP contribution in [-0.2, 0) is 0 Å². The van der Waals surface area contributed by atoms with Gasteiger partial charge in [0.25, 0.3) is 0 Å². The van der Waals surface area contributed by atoms with E-state index >= 15 is 0 Å². The number of hydrogen-bond donors (Lipinski definition) is 4. The molecule has 0 aliphatic heterocycles. The molecule has 0 spiro atoms. The molecular formula is C9H21NO3. The third kappa shape index (κ3) is 9.76. The first-order chi connectivity index (χ1) is 5.83. The maximum atomic E-state index is 8.63. The predicted molar refractivity (Wildman–Crippen MR) is 50.9 cm³/mol. The molecule has 0 aromatic heterocycles. The van der Waals surface area contributed by atoms with E-state index in [1.165, 1.54) is 13.8 Å². The van der Waals surface area contributed by atoms with Crippen LogP contribution in [0.5, 0.6) is 0 Å². The quantitative estimate of drug-likeness (QED) is 0.433. The molecule has 13 heavy (non-hydrogen) atoms. The Labute approximate surface area is 79.4 Å². The smallest absolute Gasteiger partial charge is 0.156 e. The van der Waals surface area contributed by atoms with Crippen LogP contribution in [0.25, 0.3) is 0 Å². The molecule has 2 unspecified atom stereocenters. The van der Waals surface area contributed by atoms with Gasteiger partial charge in [-0.2, -0.15) is 0 Å². The maximum Gasteiger partial charge on any atom is 0.156 e. The van der Waals surface area contributed by atoms with E-state index in [2.05, 4.69) is 0 Å². The Bertz CT molecular complexity index is 127. The third-order valence-electron chi connectivity index (χ3n) is 1.84. The fourth-order valence-electron chi connectivity index (χ4n) is 1.28. The average molecular weight is 191 g/mol. The van der Waals surface area contributed by atoms with E-state index in [-0.39, 0.29) is 0 Å². The number of rotatable bonds is 1. The predicted octanol–water partition coefficient (Wildman–Crippen LogP) is -0.187. The van der Waals surface area contributed by atoms with E-state index in [9.17, 15) is 0 Å². The lowest BCUT2D eigenvalue weighted by Gasteiger charge is -2.03. The van der Waals surface area contributed by atoms with Crippen LogP contribution in [0.2, 0.25) is 0 Å². The van der Waals surface area contributed by atoms with Crippen molar-refractivity contribution in [3.05, 3.63) is 0 Å². The first-order valence-corrected chi connectivity index (χ1v) is 4.64. The molecule has 1 saturated carbocycles. The van der Waals surface area contributed by atoms with Crippen LogP contribution < -0.4 is 5.73 Å². The Morgan fingerprint density at radius 1 is 1.31 bits per heavy atom. The zero-order chi connectivity index (χ0) is 10.5. The lowest BCUT2D eigenvalue weighted by molar-refractivity contribution is -0.127. The summed E-state index contributed by atoms with van der Waals surface area (Å²) < 4.78 is 0. The molecule has 5 N–H and O–H groups in total. The molecule has 0 amide bonds. The van der Waals surface area contributed by atoms with E-state index in [0.717, 1.165) is 19.3 Å². The van der Waals surface area contributed by atoms with Crippen molar-refractivity contribution < 1.29 is 15.3 Å². The summed E-state index contributed by atoms with van der Waals surface area (Å²) in [6.45, 7) is 2.92. The maximum absolute atomic E-state index is 8.63. The first kappa shape index (κ1) is 12.8. The van der Waals surface area contributed by atoms with Gasteiger partial charge in [-0.05, 0) is 39.0 Å². The minimum atomic E-state index is -1.50. The highest BCUT2D eigenvalue weighted by atomic mass is 16.5. The van der Waals surface area contributed by atoms with Crippen molar-refractivity contribution in [3.8, 4) is 0 Å². The van der Waals surface area contributed by atoms with Crippen LogP contribution in [0.4, 0.5) is 0 Å². The lowest BCUT2D eigenvalue weighted by Crippen LogP contribution is -2.15. The van der Waals surface area contributed by atoms with E-state index < -0.39 is 5.79 Å². The number of hydrogen-bond acceptors (Lipinski definition) is 4. The Balaban J connectivity index is 0.000000252. The number of nitrogens with two attached hydrogens (primary N) is 1. The van der Waals surface area contributed by atoms with Gasteiger partial charge >= 0.3 is 0 Å². The van der Waals surface area contributed by atoms with Crippen molar-refractivity contribution in [3.63, 3.8) is 0 Å². The summed E-state index contributed by atoms with van der Waals surface area (Å²) >= 11 is 0. The Morgan fingerprint density at radius 3 is 1.92 bits per heavy atom. The second kappa shape index (κ2) is 5.54. The second-order valence-electron chi connectivity index (χ2n) is 4.12. The summed E-state index contributed by atoms with van der Waals surface area (Å²) in [5, 5.41) is 24.8. The van der Waals surface area contributed by atoms with Crippen molar-refractivity contribution in [2.75, 3.05) is 6.61 Å². The molecule has 1 rings (SSSR count). The van der Waals surface area contributed by atoms with Crippen molar-refractivity contribution >= 4 is 0 Å². The van der Waals surface area contributed by atoms with Crippen molar-refractivity contribution in [2.24, 2.45) is 11.7 Å². The minimum absolute atomic E-state index is 0.327. The molecule has 0 heterocycles. The Hall–Kier alpha value is -0.160. The molecule has 0 aromatic carbocycles. The van der Waals surface area contributed by atoms with Crippen LogP contribution in [-0.4, -0.2) is 33.8 Å². The third-order valence-corrected chi connectivity index (χ3v) is 1.84. The topological polar surface area (TPSA) is 86.7 Å². The molecule has 1 aliphatic carbocycles. The van der Waals surface area contributed by atoms with Crippen LogP contribution in [0.15, 0.2) is 0 Å². The van der Waals surface area contributed by atoms with Gasteiger partial charge in [-0.25, -0.2) is 0 Å². The number of aliphatic hydroxyl groups excluding tert-OH is 1. The van der Waals surface area contributed by atoms with Gasteiger partial charge in [0.15, 0.2) is 5.79 Å². The first-order valence-electron chi connectivity index (χ1n) is 4.64. The highest BCUT2D eigenvalue weighted by Crippen LogP contribution is 2.22. The van der Waals surface area contributed by atoms with E-state index in [0.29, 0.717) is 18.6 Å². The van der Waals surface area contributed by atoms with E-state index in [1.54, 1.807) is 0 Å². The van der Waals surface area contributed by atoms with Crippen LogP contribution in [0, 0.1) is 5.92 Å². The minimum Gasteiger partial charge on any atom is -0.396 e. The molecule has 80 valence electrons. The van der Waals surface area contributed by atoms with Gasteiger partial charge in [-0.3, -0.25) is 0 Å². The van der Waals surface area contributed by atoms with E-state index in [4.69, 9.17) is 21.1 Å². The monoisotopic (exact) mass is 191 g/mol. The molecule has 2 atom stereocenters. The van der Waals surface area contributed by atoms with Gasteiger partial charge in [-0.1, -0.05) is 0 Å². The van der Waals surface area contributed by atoms with Crippen molar-refractivity contribution in [1.82, 2.24) is 0 Å². The number of aliphatic hydroxyl groups is 3. The Morgan fingerprint density at radius 2 is 1.77 bits per heavy atom. The summed E-state index contributed by atoms with van der Waals surface area (Å²) in [5.74, 6) is -0.995. The SMILES string of the molecule is CC(C)(O)O.NC1CCC(CO)C1. The summed E-state index contributed by atoms with van der Waals surface area (Å²) in [7, 11) is 0. The van der Waals surface area contributed by atoms with Gasteiger partial charge in [0, 0.05) is 12.6 Å². The van der Waals surface area contributed by atoms with Crippen LogP contribution in [0.1, 0.15) is 33.1 Å². The zero-order valence-corrected chi connectivity index (χ0v) is 8.40. The van der Waals surface area contributed by atoms with Gasteiger partial charge < -0.3 is 21.1 Å². The summed E-state index contributed by atoms with van der Waals surface area (Å²) in [4.78, 5) is 0. The molecule has 0 radical (unpaired) electrons. The largest absolute Gasteiger partial charge is 0.396 e. The summed E-state index contributed by atoms with van der Waals surface area (Å²) in [6.07, 6.45) is 3.25. The fraction of sp³-hybridized carbons (Fsp3) is 1.00.